The summed E-state index contributed by atoms with van der Waals surface area (Å²) in [7, 11) is 2.17. The molecule has 3 aromatic rings. The largest absolute Gasteiger partial charge is 0.361 e. The molecular formula is C17H21N7O. The van der Waals surface area contributed by atoms with Gasteiger partial charge in [0.05, 0.1) is 0 Å². The van der Waals surface area contributed by atoms with Gasteiger partial charge in [0.25, 0.3) is 0 Å². The van der Waals surface area contributed by atoms with E-state index in [1.165, 1.54) is 18.4 Å². The number of likely N-dealkylation sites (N-methyl/N-ethyl adjacent to an activating group) is 1. The van der Waals surface area contributed by atoms with E-state index in [0.717, 1.165) is 55.4 Å². The Kier molecular flexibility index (Phi) is 3.44. The van der Waals surface area contributed by atoms with Crippen LogP contribution in [0.15, 0.2) is 23.0 Å². The van der Waals surface area contributed by atoms with E-state index in [4.69, 9.17) is 4.52 Å². The van der Waals surface area contributed by atoms with Crippen LogP contribution in [0.25, 0.3) is 5.65 Å². The van der Waals surface area contributed by atoms with E-state index in [9.17, 15) is 0 Å². The third kappa shape index (κ3) is 2.57. The predicted molar refractivity (Wildman–Crippen MR) is 91.4 cm³/mol. The highest BCUT2D eigenvalue weighted by Gasteiger charge is 2.32. The van der Waals surface area contributed by atoms with Crippen molar-refractivity contribution in [2.45, 2.75) is 38.3 Å². The summed E-state index contributed by atoms with van der Waals surface area (Å²) >= 11 is 0. The summed E-state index contributed by atoms with van der Waals surface area (Å²) in [6, 6.07) is 4.47. The minimum Gasteiger partial charge on any atom is -0.361 e. The first-order chi connectivity index (χ1) is 12.3. The summed E-state index contributed by atoms with van der Waals surface area (Å²) in [5, 5.41) is 16.7. The number of hydrogen-bond acceptors (Lipinski definition) is 7. The lowest BCUT2D eigenvalue weighted by Crippen LogP contribution is -2.58. The average molecular weight is 339 g/mol. The molecule has 0 spiro atoms. The van der Waals surface area contributed by atoms with Gasteiger partial charge in [0, 0.05) is 37.7 Å². The quantitative estimate of drug-likeness (QED) is 0.709. The van der Waals surface area contributed by atoms with Crippen LogP contribution in [0.2, 0.25) is 0 Å². The summed E-state index contributed by atoms with van der Waals surface area (Å²) in [5.74, 6) is 2.08. The standard InChI is InChI=1S/C17H21N7O/c1-22(10-14-13-4-2-3-5-15(13)25-21-14)12-8-23(9-12)17-7-6-16-19-18-11-24(16)20-17/h6-7,11-12H,2-5,8-10H2,1H3. The average Bonchev–Trinajstić information content (AvgIpc) is 3.20. The summed E-state index contributed by atoms with van der Waals surface area (Å²) in [6.07, 6.45) is 6.26. The zero-order chi connectivity index (χ0) is 16.8. The fourth-order valence-electron chi connectivity index (χ4n) is 3.75. The van der Waals surface area contributed by atoms with Crippen LogP contribution in [0, 0.1) is 0 Å². The van der Waals surface area contributed by atoms with Gasteiger partial charge in [0.15, 0.2) is 5.65 Å². The van der Waals surface area contributed by atoms with Crippen molar-refractivity contribution in [2.24, 2.45) is 0 Å². The summed E-state index contributed by atoms with van der Waals surface area (Å²) in [5.41, 5.74) is 3.25. The molecule has 3 aromatic heterocycles. The smallest absolute Gasteiger partial charge is 0.177 e. The van der Waals surface area contributed by atoms with E-state index in [1.54, 1.807) is 10.8 Å². The lowest BCUT2D eigenvalue weighted by Gasteiger charge is -2.44. The van der Waals surface area contributed by atoms with E-state index in [0.29, 0.717) is 6.04 Å². The Morgan fingerprint density at radius 2 is 2.12 bits per heavy atom. The lowest BCUT2D eigenvalue weighted by molar-refractivity contribution is 0.191. The minimum absolute atomic E-state index is 0.509. The van der Waals surface area contributed by atoms with Crippen molar-refractivity contribution < 1.29 is 4.52 Å². The van der Waals surface area contributed by atoms with E-state index in [2.05, 4.69) is 37.3 Å². The third-order valence-corrected chi connectivity index (χ3v) is 5.39. The van der Waals surface area contributed by atoms with Crippen LogP contribution in [-0.4, -0.2) is 56.0 Å². The molecule has 0 aromatic carbocycles. The molecule has 4 heterocycles. The SMILES string of the molecule is CN(Cc1noc2c1CCCC2)C1CN(c2ccc3nncn3n2)C1. The van der Waals surface area contributed by atoms with Gasteiger partial charge < -0.3 is 9.42 Å². The maximum Gasteiger partial charge on any atom is 0.177 e. The Bertz CT molecular complexity index is 895. The van der Waals surface area contributed by atoms with Gasteiger partial charge in [-0.3, -0.25) is 4.90 Å². The second-order valence-corrected chi connectivity index (χ2v) is 7.04. The van der Waals surface area contributed by atoms with Gasteiger partial charge in [-0.2, -0.15) is 4.52 Å². The molecule has 2 aliphatic rings. The van der Waals surface area contributed by atoms with E-state index < -0.39 is 0 Å². The molecule has 1 saturated heterocycles. The van der Waals surface area contributed by atoms with E-state index >= 15 is 0 Å². The van der Waals surface area contributed by atoms with Gasteiger partial charge in [-0.15, -0.1) is 15.3 Å². The Labute approximate surface area is 145 Å². The van der Waals surface area contributed by atoms with Crippen LogP contribution >= 0.6 is 0 Å². The fraction of sp³-hybridized carbons (Fsp3) is 0.529. The Morgan fingerprint density at radius 3 is 3.04 bits per heavy atom. The first-order valence-electron chi connectivity index (χ1n) is 8.86. The number of aryl methyl sites for hydroxylation is 1. The molecule has 0 unspecified atom stereocenters. The van der Waals surface area contributed by atoms with Crippen LogP contribution in [0.4, 0.5) is 5.82 Å². The zero-order valence-electron chi connectivity index (χ0n) is 14.3. The van der Waals surface area contributed by atoms with Gasteiger partial charge in [-0.25, -0.2) is 0 Å². The highest BCUT2D eigenvalue weighted by molar-refractivity contribution is 5.47. The monoisotopic (exact) mass is 339 g/mol. The Morgan fingerprint density at radius 1 is 1.24 bits per heavy atom. The topological polar surface area (TPSA) is 75.6 Å². The van der Waals surface area contributed by atoms with Crippen molar-refractivity contribution in [2.75, 3.05) is 25.0 Å². The number of rotatable bonds is 4. The molecule has 0 saturated carbocycles. The fourth-order valence-corrected chi connectivity index (χ4v) is 3.75. The third-order valence-electron chi connectivity index (χ3n) is 5.39. The minimum atomic E-state index is 0.509. The first-order valence-corrected chi connectivity index (χ1v) is 8.86. The zero-order valence-corrected chi connectivity index (χ0v) is 14.3. The maximum absolute atomic E-state index is 5.53. The van der Waals surface area contributed by atoms with Gasteiger partial charge in [0.1, 0.15) is 23.6 Å². The van der Waals surface area contributed by atoms with Gasteiger partial charge in [-0.05, 0) is 38.4 Å². The van der Waals surface area contributed by atoms with Crippen LogP contribution in [0.5, 0.6) is 0 Å². The number of nitrogens with zero attached hydrogens (tertiary/aromatic N) is 7. The molecule has 0 radical (unpaired) electrons. The molecule has 1 aliphatic carbocycles. The molecule has 25 heavy (non-hydrogen) atoms. The first kappa shape index (κ1) is 14.8. The predicted octanol–water partition coefficient (Wildman–Crippen LogP) is 1.31. The second kappa shape index (κ2) is 5.80. The van der Waals surface area contributed by atoms with Crippen molar-refractivity contribution >= 4 is 11.5 Å². The molecular weight excluding hydrogens is 318 g/mol. The lowest BCUT2D eigenvalue weighted by atomic mass is 9.96. The molecule has 0 atom stereocenters. The number of hydrogen-bond donors (Lipinski definition) is 0. The van der Waals surface area contributed by atoms with Crippen molar-refractivity contribution in [3.8, 4) is 0 Å². The van der Waals surface area contributed by atoms with E-state index in [1.807, 2.05) is 12.1 Å². The van der Waals surface area contributed by atoms with Gasteiger partial charge >= 0.3 is 0 Å². The summed E-state index contributed by atoms with van der Waals surface area (Å²) in [6.45, 7) is 2.80. The number of fused-ring (bicyclic) bond motifs is 2. The summed E-state index contributed by atoms with van der Waals surface area (Å²) < 4.78 is 7.25. The maximum atomic E-state index is 5.53. The van der Waals surface area contributed by atoms with Crippen LogP contribution in [0.3, 0.4) is 0 Å². The summed E-state index contributed by atoms with van der Waals surface area (Å²) in [4.78, 5) is 4.65. The molecule has 1 aliphatic heterocycles. The number of anilines is 1. The van der Waals surface area contributed by atoms with Crippen molar-refractivity contribution in [3.63, 3.8) is 0 Å². The molecule has 5 rings (SSSR count). The molecule has 130 valence electrons. The molecule has 0 N–H and O–H groups in total. The van der Waals surface area contributed by atoms with Crippen molar-refractivity contribution in [3.05, 3.63) is 35.5 Å². The molecule has 0 amide bonds. The highest BCUT2D eigenvalue weighted by atomic mass is 16.5. The van der Waals surface area contributed by atoms with E-state index in [-0.39, 0.29) is 0 Å². The van der Waals surface area contributed by atoms with Gasteiger partial charge in [-0.1, -0.05) is 5.16 Å². The number of aromatic nitrogens is 5. The highest BCUT2D eigenvalue weighted by Crippen LogP contribution is 2.27. The van der Waals surface area contributed by atoms with Crippen LogP contribution < -0.4 is 4.90 Å². The van der Waals surface area contributed by atoms with Crippen molar-refractivity contribution in [1.82, 2.24) is 29.9 Å². The van der Waals surface area contributed by atoms with Gasteiger partial charge in [0.2, 0.25) is 0 Å². The normalized spacial score (nSPS) is 17.9. The molecule has 1 fully saturated rings. The van der Waals surface area contributed by atoms with Crippen LogP contribution in [0.1, 0.15) is 29.9 Å². The Hall–Kier alpha value is -2.48. The molecule has 8 heteroatoms. The molecule has 0 bridgehead atoms. The van der Waals surface area contributed by atoms with Crippen molar-refractivity contribution in [1.29, 1.82) is 0 Å². The Balaban J connectivity index is 1.23. The second-order valence-electron chi connectivity index (χ2n) is 7.04. The molecule has 8 nitrogen and oxygen atoms in total. The van der Waals surface area contributed by atoms with Crippen LogP contribution in [-0.2, 0) is 19.4 Å².